The molecule has 1 aliphatic heterocycles. The second-order valence-electron chi connectivity index (χ2n) is 5.76. The lowest BCUT2D eigenvalue weighted by atomic mass is 9.94. The van der Waals surface area contributed by atoms with Gasteiger partial charge in [0.25, 0.3) is 0 Å². The minimum atomic E-state index is -0.0650. The molecule has 1 heterocycles. The zero-order chi connectivity index (χ0) is 18.2. The van der Waals surface area contributed by atoms with Crippen LogP contribution in [0.1, 0.15) is 25.3 Å². The topological polar surface area (TPSA) is 100 Å². The molecule has 134 valence electrons. The van der Waals surface area contributed by atoms with Crippen LogP contribution in [0.15, 0.2) is 34.4 Å². The van der Waals surface area contributed by atoms with Crippen LogP contribution in [0.25, 0.3) is 0 Å². The van der Waals surface area contributed by atoms with E-state index in [1.165, 1.54) is 11.8 Å². The summed E-state index contributed by atoms with van der Waals surface area (Å²) in [5, 5.41) is 4.70. The Bertz CT molecular complexity index is 672. The molecular formula is C17H23N5O2S. The lowest BCUT2D eigenvalue weighted by molar-refractivity contribution is -0.121. The van der Waals surface area contributed by atoms with Crippen molar-refractivity contribution in [3.8, 4) is 0 Å². The van der Waals surface area contributed by atoms with Crippen LogP contribution in [0.3, 0.4) is 0 Å². The Labute approximate surface area is 151 Å². The van der Waals surface area contributed by atoms with Crippen molar-refractivity contribution in [2.24, 2.45) is 21.7 Å². The van der Waals surface area contributed by atoms with Gasteiger partial charge in [-0.15, -0.1) is 0 Å². The summed E-state index contributed by atoms with van der Waals surface area (Å²) in [5.41, 5.74) is 10.8. The van der Waals surface area contributed by atoms with E-state index in [9.17, 15) is 9.59 Å². The number of thioether (sulfide) groups is 1. The maximum Gasteiger partial charge on any atom is 0.240 e. The van der Waals surface area contributed by atoms with Gasteiger partial charge in [0.15, 0.2) is 5.17 Å². The maximum absolute atomic E-state index is 11.4. The summed E-state index contributed by atoms with van der Waals surface area (Å²) in [5.74, 6) is 0.00583. The number of carbonyl (C=O) groups excluding carboxylic acids is 2. The van der Waals surface area contributed by atoms with E-state index in [0.717, 1.165) is 29.8 Å². The van der Waals surface area contributed by atoms with Crippen molar-refractivity contribution >= 4 is 40.6 Å². The monoisotopic (exact) mass is 361 g/mol. The summed E-state index contributed by atoms with van der Waals surface area (Å²) < 4.78 is 0. The highest BCUT2D eigenvalue weighted by molar-refractivity contribution is 8.13. The smallest absolute Gasteiger partial charge is 0.240 e. The Hall–Kier alpha value is -2.35. The van der Waals surface area contributed by atoms with Gasteiger partial charge in [-0.05, 0) is 30.4 Å². The second kappa shape index (κ2) is 9.22. The molecule has 1 aromatic rings. The number of rotatable bonds is 7. The summed E-state index contributed by atoms with van der Waals surface area (Å²) in [6, 6.07) is 7.61. The van der Waals surface area contributed by atoms with Crippen LogP contribution in [0.2, 0.25) is 0 Å². The number of hydrogen-bond acceptors (Lipinski definition) is 5. The maximum atomic E-state index is 11.4. The molecule has 8 heteroatoms. The zero-order valence-corrected chi connectivity index (χ0v) is 15.3. The molecule has 1 atom stereocenters. The Morgan fingerprint density at radius 2 is 2.20 bits per heavy atom. The third-order valence-corrected chi connectivity index (χ3v) is 4.46. The summed E-state index contributed by atoms with van der Waals surface area (Å²) in [7, 11) is 0. The highest BCUT2D eigenvalue weighted by atomic mass is 32.2. The number of nitrogens with zero attached hydrogens (tertiary/aromatic N) is 3. The number of carbonyl (C=O) groups is 2. The fourth-order valence-corrected chi connectivity index (χ4v) is 2.78. The standard InChI is InChI=1S/C17H23N5O2S/c1-12-10-15(24)20-21-16(12)13-4-6-14(7-5-13)22(11-23)9-3-8-19-17(18)25-2/h4-7,11-12H,3,8-10H2,1-2H3,(H2,18,19)(H,20,24). The molecule has 1 unspecified atom stereocenters. The Morgan fingerprint density at radius 3 is 2.80 bits per heavy atom. The van der Waals surface area contributed by atoms with Crippen LogP contribution >= 0.6 is 11.8 Å². The van der Waals surface area contributed by atoms with E-state index in [0.29, 0.717) is 24.7 Å². The van der Waals surface area contributed by atoms with Crippen molar-refractivity contribution in [2.75, 3.05) is 24.2 Å². The van der Waals surface area contributed by atoms with Crippen molar-refractivity contribution < 1.29 is 9.59 Å². The SMILES string of the molecule is CSC(N)=NCCCN(C=O)c1ccc(C2=NNC(=O)CC2C)cc1. The molecule has 0 spiro atoms. The zero-order valence-electron chi connectivity index (χ0n) is 14.4. The summed E-state index contributed by atoms with van der Waals surface area (Å²) in [4.78, 5) is 28.5. The van der Waals surface area contributed by atoms with E-state index in [4.69, 9.17) is 5.73 Å². The number of amidine groups is 1. The van der Waals surface area contributed by atoms with Crippen molar-refractivity contribution in [3.05, 3.63) is 29.8 Å². The molecule has 2 rings (SSSR count). The number of amides is 2. The highest BCUT2D eigenvalue weighted by Gasteiger charge is 2.21. The number of anilines is 1. The lowest BCUT2D eigenvalue weighted by Crippen LogP contribution is -2.32. The summed E-state index contributed by atoms with van der Waals surface area (Å²) in [6.07, 6.45) is 3.86. The van der Waals surface area contributed by atoms with Crippen LogP contribution in [0, 0.1) is 5.92 Å². The summed E-state index contributed by atoms with van der Waals surface area (Å²) >= 11 is 1.41. The Balaban J connectivity index is 2.00. The van der Waals surface area contributed by atoms with Gasteiger partial charge in [-0.25, -0.2) is 5.43 Å². The molecule has 0 fully saturated rings. The van der Waals surface area contributed by atoms with E-state index in [-0.39, 0.29) is 11.8 Å². The Morgan fingerprint density at radius 1 is 1.48 bits per heavy atom. The molecule has 2 amide bonds. The molecule has 0 bridgehead atoms. The molecule has 25 heavy (non-hydrogen) atoms. The first-order valence-corrected chi connectivity index (χ1v) is 9.30. The second-order valence-corrected chi connectivity index (χ2v) is 6.59. The van der Waals surface area contributed by atoms with Crippen molar-refractivity contribution in [3.63, 3.8) is 0 Å². The molecule has 0 saturated heterocycles. The average molecular weight is 361 g/mol. The molecular weight excluding hydrogens is 338 g/mol. The number of benzene rings is 1. The first-order chi connectivity index (χ1) is 12.0. The number of nitrogens with two attached hydrogens (primary N) is 1. The minimum absolute atomic E-state index is 0.0650. The van der Waals surface area contributed by atoms with Gasteiger partial charge in [0.05, 0.1) is 5.71 Å². The molecule has 0 radical (unpaired) electrons. The quantitative estimate of drug-likeness (QED) is 0.333. The molecule has 7 nitrogen and oxygen atoms in total. The fraction of sp³-hybridized carbons (Fsp3) is 0.412. The van der Waals surface area contributed by atoms with Gasteiger partial charge >= 0.3 is 0 Å². The van der Waals surface area contributed by atoms with E-state index in [1.807, 2.05) is 37.4 Å². The first-order valence-electron chi connectivity index (χ1n) is 8.08. The minimum Gasteiger partial charge on any atom is -0.379 e. The number of hydrazone groups is 1. The van der Waals surface area contributed by atoms with Crippen LogP contribution in [0.4, 0.5) is 5.69 Å². The van der Waals surface area contributed by atoms with Gasteiger partial charge in [0.2, 0.25) is 12.3 Å². The largest absolute Gasteiger partial charge is 0.379 e. The summed E-state index contributed by atoms with van der Waals surface area (Å²) in [6.45, 7) is 3.13. The van der Waals surface area contributed by atoms with Crippen LogP contribution in [0.5, 0.6) is 0 Å². The number of hydrogen-bond donors (Lipinski definition) is 2. The normalized spacial score (nSPS) is 17.7. The molecule has 1 aromatic carbocycles. The van der Waals surface area contributed by atoms with E-state index >= 15 is 0 Å². The van der Waals surface area contributed by atoms with E-state index in [1.54, 1.807) is 4.90 Å². The van der Waals surface area contributed by atoms with Gasteiger partial charge in [0, 0.05) is 31.1 Å². The predicted octanol–water partition coefficient (Wildman–Crippen LogP) is 1.58. The molecule has 3 N–H and O–H groups in total. The average Bonchev–Trinajstić information content (AvgIpc) is 2.62. The van der Waals surface area contributed by atoms with Gasteiger partial charge in [-0.2, -0.15) is 5.10 Å². The van der Waals surface area contributed by atoms with Crippen LogP contribution in [-0.4, -0.2) is 42.5 Å². The predicted molar refractivity (Wildman–Crippen MR) is 103 cm³/mol. The molecule has 0 saturated carbocycles. The first kappa shape index (κ1) is 19.0. The van der Waals surface area contributed by atoms with Gasteiger partial charge in [-0.3, -0.25) is 14.6 Å². The fourth-order valence-electron chi connectivity index (χ4n) is 2.56. The lowest BCUT2D eigenvalue weighted by Gasteiger charge is -2.21. The van der Waals surface area contributed by atoms with E-state index in [2.05, 4.69) is 15.5 Å². The molecule has 0 aromatic heterocycles. The third-order valence-electron chi connectivity index (χ3n) is 3.92. The third kappa shape index (κ3) is 5.32. The van der Waals surface area contributed by atoms with Gasteiger partial charge in [-0.1, -0.05) is 30.8 Å². The Kier molecular flexibility index (Phi) is 7.00. The van der Waals surface area contributed by atoms with Gasteiger partial charge < -0.3 is 10.6 Å². The highest BCUT2D eigenvalue weighted by Crippen LogP contribution is 2.20. The van der Waals surface area contributed by atoms with Crippen molar-refractivity contribution in [1.82, 2.24) is 5.43 Å². The van der Waals surface area contributed by atoms with Crippen molar-refractivity contribution in [2.45, 2.75) is 19.8 Å². The number of aliphatic imine (C=N–C) groups is 1. The van der Waals surface area contributed by atoms with Crippen LogP contribution < -0.4 is 16.1 Å². The number of nitrogens with one attached hydrogen (secondary N) is 1. The molecule has 1 aliphatic rings. The van der Waals surface area contributed by atoms with Gasteiger partial charge in [0.1, 0.15) is 0 Å². The molecule has 0 aliphatic carbocycles. The van der Waals surface area contributed by atoms with Crippen LogP contribution in [-0.2, 0) is 9.59 Å². The van der Waals surface area contributed by atoms with Crippen molar-refractivity contribution in [1.29, 1.82) is 0 Å². The van der Waals surface area contributed by atoms with E-state index < -0.39 is 0 Å².